The summed E-state index contributed by atoms with van der Waals surface area (Å²) >= 11 is 0. The fraction of sp³-hybridized carbons (Fsp3) is 0.676. The quantitative estimate of drug-likeness (QED) is 0.394. The molecule has 0 amide bonds. The van der Waals surface area contributed by atoms with Crippen molar-refractivity contribution in [3.63, 3.8) is 0 Å². The van der Waals surface area contributed by atoms with Crippen molar-refractivity contribution in [3.05, 3.63) is 67.8 Å². The van der Waals surface area contributed by atoms with Crippen LogP contribution in [0, 0.1) is 0 Å². The maximum Gasteiger partial charge on any atom is -0.00140 e. The molecule has 0 saturated heterocycles. The lowest BCUT2D eigenvalue weighted by atomic mass is 9.57. The summed E-state index contributed by atoms with van der Waals surface area (Å²) < 4.78 is 0. The highest BCUT2D eigenvalue weighted by atomic mass is 14.5. The minimum atomic E-state index is 0.879. The minimum absolute atomic E-state index is 0.879. The Morgan fingerprint density at radius 2 is 0.541 bits per heavy atom. The third-order valence-corrected chi connectivity index (χ3v) is 13.8. The molecule has 0 heterocycles. The van der Waals surface area contributed by atoms with Crippen molar-refractivity contribution in [2.75, 3.05) is 0 Å². The smallest absolute Gasteiger partial charge is 0.00140 e. The Kier molecular flexibility index (Phi) is 4.34. The van der Waals surface area contributed by atoms with Gasteiger partial charge in [-0.1, -0.05) is 12.1 Å². The maximum absolute atomic E-state index is 2.83. The molecule has 2 aromatic rings. The third kappa shape index (κ3) is 2.77. The summed E-state index contributed by atoms with van der Waals surface area (Å²) in [4.78, 5) is 0. The van der Waals surface area contributed by atoms with Crippen LogP contribution in [0.4, 0.5) is 0 Å². The van der Waals surface area contributed by atoms with Crippen LogP contribution < -0.4 is 0 Å². The highest BCUT2D eigenvalue weighted by Crippen LogP contribution is 2.61. The molecule has 14 rings (SSSR count). The Labute approximate surface area is 224 Å². The Morgan fingerprint density at radius 1 is 0.324 bits per heavy atom. The topological polar surface area (TPSA) is 0 Å². The molecule has 12 aliphatic rings. The summed E-state index contributed by atoms with van der Waals surface area (Å²) in [6.45, 7) is 0. The molecular weight excluding hydrogens is 444 g/mol. The maximum atomic E-state index is 2.83. The van der Waals surface area contributed by atoms with Crippen molar-refractivity contribution in [1.82, 2.24) is 0 Å². The molecule has 0 nitrogen and oxygen atoms in total. The molecule has 8 bridgehead atoms. The summed E-state index contributed by atoms with van der Waals surface area (Å²) in [6.07, 6.45) is 25.0. The third-order valence-electron chi connectivity index (χ3n) is 13.8. The molecule has 0 heteroatoms. The zero-order valence-electron chi connectivity index (χ0n) is 22.8. The zero-order chi connectivity index (χ0) is 23.8. The monoisotopic (exact) mass is 488 g/mol. The second-order valence-corrected chi connectivity index (χ2v) is 15.1. The number of hydrogen-bond donors (Lipinski definition) is 0. The lowest BCUT2D eigenvalue weighted by Gasteiger charge is -2.48. The largest absolute Gasteiger partial charge is 0.0547 e. The molecule has 192 valence electrons. The predicted molar refractivity (Wildman–Crippen MR) is 151 cm³/mol. The number of fused-ring (bicyclic) bond motifs is 8. The Morgan fingerprint density at radius 3 is 0.784 bits per heavy atom. The Bertz CT molecular complexity index is 1100. The van der Waals surface area contributed by atoms with Gasteiger partial charge in [0.1, 0.15) is 0 Å². The fourth-order valence-corrected chi connectivity index (χ4v) is 12.2. The fourth-order valence-electron chi connectivity index (χ4n) is 12.2. The van der Waals surface area contributed by atoms with Crippen LogP contribution in [0.2, 0.25) is 0 Å². The van der Waals surface area contributed by atoms with Crippen molar-refractivity contribution in [1.29, 1.82) is 0 Å². The van der Waals surface area contributed by atoms with Crippen LogP contribution in [0.15, 0.2) is 12.1 Å². The molecule has 4 fully saturated rings. The highest BCUT2D eigenvalue weighted by Gasteiger charge is 2.45. The molecule has 0 N–H and O–H groups in total. The van der Waals surface area contributed by atoms with Crippen LogP contribution in [-0.4, -0.2) is 0 Å². The van der Waals surface area contributed by atoms with E-state index in [1.807, 2.05) is 55.6 Å². The first kappa shape index (κ1) is 21.3. The lowest BCUT2D eigenvalue weighted by molar-refractivity contribution is 0.333. The molecule has 0 aliphatic heterocycles. The van der Waals surface area contributed by atoms with E-state index in [0.717, 1.165) is 47.3 Å². The van der Waals surface area contributed by atoms with Gasteiger partial charge in [0.2, 0.25) is 0 Å². The van der Waals surface area contributed by atoms with Gasteiger partial charge in [0.25, 0.3) is 0 Å². The number of rotatable bonds is 2. The van der Waals surface area contributed by atoms with Gasteiger partial charge in [0.15, 0.2) is 0 Å². The van der Waals surface area contributed by atoms with E-state index in [4.69, 9.17) is 0 Å². The molecule has 37 heavy (non-hydrogen) atoms. The summed E-state index contributed by atoms with van der Waals surface area (Å²) in [5.41, 5.74) is 19.1. The standard InChI is InChI=1S/C37H44/c1-9-24-10-2-20(1)28-17-29-21-3-11-25(12-4-21)35(29)32(34(24)28)19-33-36-26-13-5-22(6-14-26)30(36)18-31-23-7-15-27(16-8-23)37(31)33/h17-18,20-27H,1-16,19H2. The molecule has 12 aliphatic carbocycles. The zero-order valence-corrected chi connectivity index (χ0v) is 22.8. The van der Waals surface area contributed by atoms with Gasteiger partial charge in [0, 0.05) is 0 Å². The second kappa shape index (κ2) is 7.55. The van der Waals surface area contributed by atoms with Gasteiger partial charge in [0.05, 0.1) is 0 Å². The average molecular weight is 489 g/mol. The van der Waals surface area contributed by atoms with E-state index in [9.17, 15) is 0 Å². The first-order valence-electron chi connectivity index (χ1n) is 16.7. The summed E-state index contributed by atoms with van der Waals surface area (Å²) in [5.74, 6) is 7.05. The van der Waals surface area contributed by atoms with Crippen LogP contribution in [0.25, 0.3) is 0 Å². The van der Waals surface area contributed by atoms with Crippen LogP contribution in [0.3, 0.4) is 0 Å². The molecule has 0 unspecified atom stereocenters. The van der Waals surface area contributed by atoms with Crippen LogP contribution in [-0.2, 0) is 6.42 Å². The molecule has 4 saturated carbocycles. The molecular formula is C37H44. The summed E-state index contributed by atoms with van der Waals surface area (Å²) in [7, 11) is 0. The first-order valence-corrected chi connectivity index (χ1v) is 16.7. The normalized spacial score (nSPS) is 39.4. The van der Waals surface area contributed by atoms with Crippen LogP contribution in [0.5, 0.6) is 0 Å². The van der Waals surface area contributed by atoms with E-state index in [2.05, 4.69) is 12.1 Å². The van der Waals surface area contributed by atoms with Crippen LogP contribution in [0.1, 0.15) is 206 Å². The molecule has 2 aromatic carbocycles. The van der Waals surface area contributed by atoms with Gasteiger partial charge in [-0.3, -0.25) is 0 Å². The van der Waals surface area contributed by atoms with Crippen molar-refractivity contribution in [3.8, 4) is 0 Å². The first-order chi connectivity index (χ1) is 18.3. The summed E-state index contributed by atoms with van der Waals surface area (Å²) in [5, 5.41) is 0. The molecule has 0 aromatic heterocycles. The van der Waals surface area contributed by atoms with Gasteiger partial charge in [-0.15, -0.1) is 0 Å². The van der Waals surface area contributed by atoms with Crippen molar-refractivity contribution < 1.29 is 0 Å². The van der Waals surface area contributed by atoms with Crippen molar-refractivity contribution in [2.24, 2.45) is 0 Å². The van der Waals surface area contributed by atoms with Crippen molar-refractivity contribution in [2.45, 2.75) is 156 Å². The van der Waals surface area contributed by atoms with E-state index in [-0.39, 0.29) is 0 Å². The molecule has 0 spiro atoms. The SMILES string of the molecule is c1c2c(c(Cc3c4c(cc5c3C3CCC5CC3)C3CCC4CC3)c3c1C1CCC3CC1)C1CCC2CC1. The van der Waals surface area contributed by atoms with E-state index < -0.39 is 0 Å². The minimum Gasteiger partial charge on any atom is -0.0547 e. The lowest BCUT2D eigenvalue weighted by Crippen LogP contribution is -2.32. The van der Waals surface area contributed by atoms with Crippen LogP contribution >= 0.6 is 0 Å². The molecule has 0 atom stereocenters. The Balaban J connectivity index is 1.25. The van der Waals surface area contributed by atoms with Crippen molar-refractivity contribution >= 4 is 0 Å². The Hall–Kier alpha value is -1.56. The van der Waals surface area contributed by atoms with E-state index in [0.29, 0.717) is 0 Å². The predicted octanol–water partition coefficient (Wildman–Crippen LogP) is 10.3. The van der Waals surface area contributed by atoms with E-state index >= 15 is 0 Å². The van der Waals surface area contributed by atoms with E-state index in [1.54, 1.807) is 0 Å². The summed E-state index contributed by atoms with van der Waals surface area (Å²) in [6, 6.07) is 5.67. The number of benzene rings is 2. The van der Waals surface area contributed by atoms with E-state index in [1.165, 1.54) is 109 Å². The van der Waals surface area contributed by atoms with Gasteiger partial charge in [-0.25, -0.2) is 0 Å². The highest BCUT2D eigenvalue weighted by molar-refractivity contribution is 5.61. The van der Waals surface area contributed by atoms with Gasteiger partial charge in [-0.05, 0) is 212 Å². The van der Waals surface area contributed by atoms with Gasteiger partial charge >= 0.3 is 0 Å². The second-order valence-electron chi connectivity index (χ2n) is 15.1. The van der Waals surface area contributed by atoms with Gasteiger partial charge in [-0.2, -0.15) is 0 Å². The van der Waals surface area contributed by atoms with Gasteiger partial charge < -0.3 is 0 Å². The number of hydrogen-bond acceptors (Lipinski definition) is 0. The average Bonchev–Trinajstić information content (AvgIpc) is 2.99. The molecule has 0 radical (unpaired) electrons.